The molecule has 0 aliphatic carbocycles. The Labute approximate surface area is 120 Å². The van der Waals surface area contributed by atoms with E-state index < -0.39 is 0 Å². The molecule has 0 spiro atoms. The molecule has 102 valence electrons. The van der Waals surface area contributed by atoms with Crippen molar-refractivity contribution in [1.29, 1.82) is 0 Å². The zero-order chi connectivity index (χ0) is 13.8. The van der Waals surface area contributed by atoms with Crippen LogP contribution in [0, 0.1) is 5.41 Å². The van der Waals surface area contributed by atoms with Gasteiger partial charge in [0.15, 0.2) is 0 Å². The van der Waals surface area contributed by atoms with Crippen molar-refractivity contribution in [3.63, 3.8) is 0 Å². The van der Waals surface area contributed by atoms with Crippen LogP contribution in [-0.2, 0) is 0 Å². The van der Waals surface area contributed by atoms with Crippen molar-refractivity contribution in [2.75, 3.05) is 19.6 Å². The van der Waals surface area contributed by atoms with E-state index in [4.69, 9.17) is 5.73 Å². The lowest BCUT2D eigenvalue weighted by Crippen LogP contribution is -2.39. The normalized spacial score (nSPS) is 13.9. The monoisotopic (exact) mass is 312 g/mol. The van der Waals surface area contributed by atoms with Gasteiger partial charge < -0.3 is 5.73 Å². The third-order valence-corrected chi connectivity index (χ3v) is 4.02. The van der Waals surface area contributed by atoms with Gasteiger partial charge in [0.2, 0.25) is 0 Å². The number of hydrogen-bond donors (Lipinski definition) is 1. The fourth-order valence-corrected chi connectivity index (χ4v) is 2.35. The molecule has 0 bridgehead atoms. The Morgan fingerprint density at radius 2 is 1.83 bits per heavy atom. The SMILES string of the molecule is CCN(CC(C)(C)CN)C(C)c1ccc(Br)cc1. The van der Waals surface area contributed by atoms with Gasteiger partial charge in [0.1, 0.15) is 0 Å². The lowest BCUT2D eigenvalue weighted by molar-refractivity contribution is 0.148. The second-order valence-corrected chi connectivity index (χ2v) is 6.57. The summed E-state index contributed by atoms with van der Waals surface area (Å²) >= 11 is 3.48. The van der Waals surface area contributed by atoms with Crippen molar-refractivity contribution in [2.24, 2.45) is 11.1 Å². The molecule has 0 amide bonds. The molecule has 1 aromatic rings. The molecule has 1 atom stereocenters. The van der Waals surface area contributed by atoms with E-state index >= 15 is 0 Å². The summed E-state index contributed by atoms with van der Waals surface area (Å²) in [5.41, 5.74) is 7.36. The lowest BCUT2D eigenvalue weighted by atomic mass is 9.92. The van der Waals surface area contributed by atoms with Gasteiger partial charge in [-0.05, 0) is 43.1 Å². The summed E-state index contributed by atoms with van der Waals surface area (Å²) in [5, 5.41) is 0. The molecule has 18 heavy (non-hydrogen) atoms. The molecule has 1 aromatic carbocycles. The third-order valence-electron chi connectivity index (χ3n) is 3.49. The molecule has 0 radical (unpaired) electrons. The molecule has 3 heteroatoms. The van der Waals surface area contributed by atoms with Crippen LogP contribution in [-0.4, -0.2) is 24.5 Å². The Kier molecular flexibility index (Phi) is 5.83. The standard InChI is InChI=1S/C15H25BrN2/c1-5-18(11-15(3,4)10-17)12(2)13-6-8-14(16)9-7-13/h6-9,12H,5,10-11,17H2,1-4H3. The van der Waals surface area contributed by atoms with Crippen LogP contribution in [0.25, 0.3) is 0 Å². The maximum Gasteiger partial charge on any atom is 0.0320 e. The molecule has 0 aromatic heterocycles. The predicted molar refractivity (Wildman–Crippen MR) is 82.6 cm³/mol. The van der Waals surface area contributed by atoms with Gasteiger partial charge >= 0.3 is 0 Å². The second kappa shape index (κ2) is 6.69. The van der Waals surface area contributed by atoms with E-state index in [1.54, 1.807) is 0 Å². The molecule has 1 rings (SSSR count). The van der Waals surface area contributed by atoms with Gasteiger partial charge in [-0.3, -0.25) is 4.90 Å². The van der Waals surface area contributed by atoms with E-state index in [2.05, 4.69) is 72.8 Å². The van der Waals surface area contributed by atoms with E-state index in [9.17, 15) is 0 Å². The number of hydrogen-bond acceptors (Lipinski definition) is 2. The van der Waals surface area contributed by atoms with Gasteiger partial charge in [-0.25, -0.2) is 0 Å². The third kappa shape index (κ3) is 4.38. The molecule has 1 unspecified atom stereocenters. The molecule has 0 saturated carbocycles. The summed E-state index contributed by atoms with van der Waals surface area (Å²) in [7, 11) is 0. The van der Waals surface area contributed by atoms with E-state index in [1.807, 2.05) is 0 Å². The van der Waals surface area contributed by atoms with Gasteiger partial charge in [0.25, 0.3) is 0 Å². The van der Waals surface area contributed by atoms with Crippen LogP contribution in [0.2, 0.25) is 0 Å². The average Bonchev–Trinajstić information content (AvgIpc) is 2.36. The number of halogens is 1. The highest BCUT2D eigenvalue weighted by Gasteiger charge is 2.23. The fraction of sp³-hybridized carbons (Fsp3) is 0.600. The van der Waals surface area contributed by atoms with Crippen LogP contribution in [0.1, 0.15) is 39.3 Å². The minimum absolute atomic E-state index is 0.166. The molecule has 0 fully saturated rings. The zero-order valence-electron chi connectivity index (χ0n) is 11.9. The van der Waals surface area contributed by atoms with Crippen molar-refractivity contribution < 1.29 is 0 Å². The zero-order valence-corrected chi connectivity index (χ0v) is 13.5. The van der Waals surface area contributed by atoms with Gasteiger partial charge in [0, 0.05) is 17.1 Å². The van der Waals surface area contributed by atoms with Gasteiger partial charge in [0.05, 0.1) is 0 Å². The van der Waals surface area contributed by atoms with Crippen molar-refractivity contribution in [3.05, 3.63) is 34.3 Å². The number of rotatable bonds is 6. The number of nitrogens with two attached hydrogens (primary N) is 1. The average molecular weight is 313 g/mol. The summed E-state index contributed by atoms with van der Waals surface area (Å²) < 4.78 is 1.13. The molecule has 2 nitrogen and oxygen atoms in total. The summed E-state index contributed by atoms with van der Waals surface area (Å²) in [4.78, 5) is 2.48. The topological polar surface area (TPSA) is 29.3 Å². The first-order chi connectivity index (χ1) is 8.39. The number of benzene rings is 1. The van der Waals surface area contributed by atoms with Crippen LogP contribution in [0.3, 0.4) is 0 Å². The fourth-order valence-electron chi connectivity index (χ4n) is 2.09. The van der Waals surface area contributed by atoms with Crippen LogP contribution >= 0.6 is 15.9 Å². The minimum atomic E-state index is 0.166. The first kappa shape index (κ1) is 15.7. The lowest BCUT2D eigenvalue weighted by Gasteiger charge is -2.35. The minimum Gasteiger partial charge on any atom is -0.330 e. The summed E-state index contributed by atoms with van der Waals surface area (Å²) in [5.74, 6) is 0. The van der Waals surface area contributed by atoms with Crippen LogP contribution in [0.15, 0.2) is 28.7 Å². The summed E-state index contributed by atoms with van der Waals surface area (Å²) in [6.07, 6.45) is 0. The second-order valence-electron chi connectivity index (χ2n) is 5.66. The Morgan fingerprint density at radius 1 is 1.28 bits per heavy atom. The Hall–Kier alpha value is -0.380. The van der Waals surface area contributed by atoms with E-state index in [1.165, 1.54) is 5.56 Å². The highest BCUT2D eigenvalue weighted by atomic mass is 79.9. The smallest absolute Gasteiger partial charge is 0.0320 e. The quantitative estimate of drug-likeness (QED) is 0.865. The maximum absolute atomic E-state index is 5.84. The van der Waals surface area contributed by atoms with E-state index in [0.717, 1.165) is 24.1 Å². The van der Waals surface area contributed by atoms with Gasteiger partial charge in [-0.1, -0.05) is 48.8 Å². The van der Waals surface area contributed by atoms with E-state index in [0.29, 0.717) is 6.04 Å². The van der Waals surface area contributed by atoms with Crippen molar-refractivity contribution in [2.45, 2.75) is 33.7 Å². The number of nitrogens with zero attached hydrogens (tertiary/aromatic N) is 1. The van der Waals surface area contributed by atoms with Crippen molar-refractivity contribution in [3.8, 4) is 0 Å². The van der Waals surface area contributed by atoms with Crippen LogP contribution < -0.4 is 5.73 Å². The van der Waals surface area contributed by atoms with Gasteiger partial charge in [-0.15, -0.1) is 0 Å². The molecule has 0 heterocycles. The highest BCUT2D eigenvalue weighted by Crippen LogP contribution is 2.25. The van der Waals surface area contributed by atoms with E-state index in [-0.39, 0.29) is 5.41 Å². The highest BCUT2D eigenvalue weighted by molar-refractivity contribution is 9.10. The van der Waals surface area contributed by atoms with Crippen molar-refractivity contribution >= 4 is 15.9 Å². The Balaban J connectivity index is 2.79. The first-order valence-corrected chi connectivity index (χ1v) is 7.38. The maximum atomic E-state index is 5.84. The molecular weight excluding hydrogens is 288 g/mol. The molecule has 0 aliphatic rings. The van der Waals surface area contributed by atoms with Gasteiger partial charge in [-0.2, -0.15) is 0 Å². The molecule has 2 N–H and O–H groups in total. The molecular formula is C15H25BrN2. The summed E-state index contributed by atoms with van der Waals surface area (Å²) in [6, 6.07) is 9.01. The Morgan fingerprint density at radius 3 is 2.28 bits per heavy atom. The Bertz CT molecular complexity index is 359. The predicted octanol–water partition coefficient (Wildman–Crippen LogP) is 3.82. The van der Waals surface area contributed by atoms with Crippen LogP contribution in [0.4, 0.5) is 0 Å². The largest absolute Gasteiger partial charge is 0.330 e. The summed E-state index contributed by atoms with van der Waals surface area (Å²) in [6.45, 7) is 11.7. The molecule has 0 saturated heterocycles. The first-order valence-electron chi connectivity index (χ1n) is 6.59. The van der Waals surface area contributed by atoms with Crippen molar-refractivity contribution in [1.82, 2.24) is 4.90 Å². The molecule has 0 aliphatic heterocycles. The van der Waals surface area contributed by atoms with Crippen LogP contribution in [0.5, 0.6) is 0 Å².